The summed E-state index contributed by atoms with van der Waals surface area (Å²) in [6.07, 6.45) is 5.27. The van der Waals surface area contributed by atoms with Crippen molar-refractivity contribution in [2.24, 2.45) is 0 Å². The van der Waals surface area contributed by atoms with Crippen LogP contribution in [-0.4, -0.2) is 29.0 Å². The molecular weight excluding hydrogens is 461 g/mol. The molecule has 0 aromatic heterocycles. The Morgan fingerprint density at radius 2 is 1.80 bits per heavy atom. The van der Waals surface area contributed by atoms with E-state index in [1.165, 1.54) is 17.0 Å². The van der Waals surface area contributed by atoms with E-state index in [2.05, 4.69) is 37.1 Å². The molecule has 5 nitrogen and oxygen atoms in total. The SMILES string of the molecule is CCCN1c2cc(F)c(/C=C3/C(=O)NC(=S)N(c4ccc(CC)cc4)C3=O)cc2C(C)=CC1(C)C. The molecule has 0 saturated carbocycles. The average Bonchev–Trinajstić information content (AvgIpc) is 2.80. The minimum absolute atomic E-state index is 0.00327. The van der Waals surface area contributed by atoms with Gasteiger partial charge in [-0.15, -0.1) is 0 Å². The summed E-state index contributed by atoms with van der Waals surface area (Å²) in [6, 6.07) is 10.6. The predicted molar refractivity (Wildman–Crippen MR) is 144 cm³/mol. The second-order valence-corrected chi connectivity index (χ2v) is 9.89. The number of benzene rings is 2. The Balaban J connectivity index is 1.77. The van der Waals surface area contributed by atoms with Crippen LogP contribution in [0.1, 0.15) is 57.7 Å². The van der Waals surface area contributed by atoms with Crippen molar-refractivity contribution in [1.29, 1.82) is 0 Å². The molecule has 0 bridgehead atoms. The van der Waals surface area contributed by atoms with E-state index < -0.39 is 17.6 Å². The number of halogens is 1. The number of nitrogens with zero attached hydrogens (tertiary/aromatic N) is 2. The highest BCUT2D eigenvalue weighted by molar-refractivity contribution is 7.80. The van der Waals surface area contributed by atoms with Crippen molar-refractivity contribution in [2.45, 2.75) is 53.0 Å². The predicted octanol–water partition coefficient (Wildman–Crippen LogP) is 5.63. The van der Waals surface area contributed by atoms with Gasteiger partial charge >= 0.3 is 0 Å². The molecule has 0 atom stereocenters. The Morgan fingerprint density at radius 3 is 2.43 bits per heavy atom. The second-order valence-electron chi connectivity index (χ2n) is 9.50. The zero-order valence-electron chi connectivity index (χ0n) is 20.7. The van der Waals surface area contributed by atoms with Crippen LogP contribution in [0.25, 0.3) is 11.6 Å². The molecule has 2 amide bonds. The maximum absolute atomic E-state index is 15.4. The van der Waals surface area contributed by atoms with E-state index in [1.54, 1.807) is 18.2 Å². The lowest BCUT2D eigenvalue weighted by Gasteiger charge is -2.43. The molecule has 4 rings (SSSR count). The molecule has 2 aromatic rings. The number of amides is 2. The first-order chi connectivity index (χ1) is 16.6. The molecule has 7 heteroatoms. The number of aryl methyl sites for hydroxylation is 1. The van der Waals surface area contributed by atoms with Crippen molar-refractivity contribution in [3.8, 4) is 0 Å². The highest BCUT2D eigenvalue weighted by Crippen LogP contribution is 2.40. The molecule has 0 unspecified atom stereocenters. The second kappa shape index (κ2) is 9.38. The summed E-state index contributed by atoms with van der Waals surface area (Å²) < 4.78 is 15.4. The number of nitrogens with one attached hydrogen (secondary N) is 1. The van der Waals surface area contributed by atoms with Crippen molar-refractivity contribution in [2.75, 3.05) is 16.3 Å². The smallest absolute Gasteiger partial charge is 0.270 e. The van der Waals surface area contributed by atoms with Gasteiger partial charge in [-0.1, -0.05) is 32.1 Å². The highest BCUT2D eigenvalue weighted by atomic mass is 32.1. The standard InChI is InChI=1S/C28H30FN3O2S/c1-6-12-31-24-15-23(29)19(13-21(24)17(3)16-28(31,4)5)14-22-25(33)30-27(35)32(26(22)34)20-10-8-18(7-2)9-11-20/h8-11,13-16H,6-7,12H2,1-5H3,(H,30,33,35)/b22-14-. The Labute approximate surface area is 211 Å². The van der Waals surface area contributed by atoms with Crippen molar-refractivity contribution < 1.29 is 14.0 Å². The van der Waals surface area contributed by atoms with E-state index in [0.29, 0.717) is 5.69 Å². The van der Waals surface area contributed by atoms with Gasteiger partial charge in [0.1, 0.15) is 11.4 Å². The summed E-state index contributed by atoms with van der Waals surface area (Å²) in [5, 5.41) is 2.57. The molecule has 35 heavy (non-hydrogen) atoms. The maximum atomic E-state index is 15.4. The van der Waals surface area contributed by atoms with Crippen LogP contribution < -0.4 is 15.1 Å². The first kappa shape index (κ1) is 24.8. The Morgan fingerprint density at radius 1 is 1.11 bits per heavy atom. The van der Waals surface area contributed by atoms with Gasteiger partial charge in [-0.25, -0.2) is 4.39 Å². The number of thiocarbonyl (C=S) groups is 1. The Kier molecular flexibility index (Phi) is 6.64. The van der Waals surface area contributed by atoms with E-state index in [4.69, 9.17) is 12.2 Å². The third kappa shape index (κ3) is 4.52. The molecule has 2 heterocycles. The number of hydrogen-bond acceptors (Lipinski definition) is 4. The lowest BCUT2D eigenvalue weighted by atomic mass is 9.87. The van der Waals surface area contributed by atoms with Crippen LogP contribution in [0.5, 0.6) is 0 Å². The van der Waals surface area contributed by atoms with Crippen LogP contribution in [0.3, 0.4) is 0 Å². The summed E-state index contributed by atoms with van der Waals surface area (Å²) >= 11 is 5.28. The van der Waals surface area contributed by atoms with Gasteiger partial charge in [-0.05, 0) is 87.3 Å². The number of anilines is 2. The molecule has 0 aliphatic carbocycles. The van der Waals surface area contributed by atoms with Gasteiger partial charge in [-0.2, -0.15) is 0 Å². The topological polar surface area (TPSA) is 52.7 Å². The van der Waals surface area contributed by atoms with Crippen LogP contribution in [0.15, 0.2) is 48.0 Å². The lowest BCUT2D eigenvalue weighted by molar-refractivity contribution is -0.122. The fourth-order valence-corrected chi connectivity index (χ4v) is 5.07. The Bertz CT molecular complexity index is 1280. The molecule has 0 radical (unpaired) electrons. The normalized spacial score (nSPS) is 18.5. The van der Waals surface area contributed by atoms with E-state index >= 15 is 4.39 Å². The van der Waals surface area contributed by atoms with Crippen LogP contribution in [0.4, 0.5) is 15.8 Å². The van der Waals surface area contributed by atoms with Gasteiger partial charge < -0.3 is 4.90 Å². The third-order valence-corrected chi connectivity index (χ3v) is 6.83. The van der Waals surface area contributed by atoms with Crippen molar-refractivity contribution in [1.82, 2.24) is 5.32 Å². The average molecular weight is 492 g/mol. The first-order valence-corrected chi connectivity index (χ1v) is 12.3. The monoisotopic (exact) mass is 491 g/mol. The number of allylic oxidation sites excluding steroid dienone is 1. The van der Waals surface area contributed by atoms with Crippen LogP contribution in [0, 0.1) is 5.82 Å². The summed E-state index contributed by atoms with van der Waals surface area (Å²) in [6.45, 7) is 11.1. The van der Waals surface area contributed by atoms with Gasteiger partial charge in [0.15, 0.2) is 5.11 Å². The zero-order valence-corrected chi connectivity index (χ0v) is 21.6. The van der Waals surface area contributed by atoms with Gasteiger partial charge in [-0.3, -0.25) is 19.8 Å². The van der Waals surface area contributed by atoms with Crippen LogP contribution >= 0.6 is 12.2 Å². The minimum Gasteiger partial charge on any atom is -0.362 e. The van der Waals surface area contributed by atoms with Gasteiger partial charge in [0.05, 0.1) is 11.2 Å². The fraction of sp³-hybridized carbons (Fsp3) is 0.321. The van der Waals surface area contributed by atoms with Gasteiger partial charge in [0.2, 0.25) is 0 Å². The van der Waals surface area contributed by atoms with Crippen LogP contribution in [-0.2, 0) is 16.0 Å². The molecule has 2 aliphatic heterocycles. The quantitative estimate of drug-likeness (QED) is 0.335. The molecule has 2 aromatic carbocycles. The molecule has 182 valence electrons. The maximum Gasteiger partial charge on any atom is 0.270 e. The number of carbonyl (C=O) groups excluding carboxylic acids is 2. The number of hydrogen-bond donors (Lipinski definition) is 1. The summed E-state index contributed by atoms with van der Waals surface area (Å²) in [5.74, 6) is -1.71. The molecule has 1 fully saturated rings. The van der Waals surface area contributed by atoms with Gasteiger partial charge in [0.25, 0.3) is 11.8 Å². The van der Waals surface area contributed by atoms with E-state index in [0.717, 1.165) is 41.8 Å². The molecule has 1 saturated heterocycles. The van der Waals surface area contributed by atoms with Crippen molar-refractivity contribution in [3.05, 3.63) is 70.6 Å². The molecule has 1 N–H and O–H groups in total. The van der Waals surface area contributed by atoms with E-state index in [-0.39, 0.29) is 21.8 Å². The van der Waals surface area contributed by atoms with Gasteiger partial charge in [0, 0.05) is 23.4 Å². The number of rotatable bonds is 5. The summed E-state index contributed by atoms with van der Waals surface area (Å²) in [7, 11) is 0. The highest BCUT2D eigenvalue weighted by Gasteiger charge is 2.35. The molecule has 2 aliphatic rings. The molecular formula is C28H30FN3O2S. The molecule has 0 spiro atoms. The Hall–Kier alpha value is -3.32. The largest absolute Gasteiger partial charge is 0.362 e. The fourth-order valence-electron chi connectivity index (χ4n) is 4.79. The summed E-state index contributed by atoms with van der Waals surface area (Å²) in [4.78, 5) is 29.5. The van der Waals surface area contributed by atoms with E-state index in [1.807, 2.05) is 26.0 Å². The van der Waals surface area contributed by atoms with Crippen molar-refractivity contribution >= 4 is 52.2 Å². The minimum atomic E-state index is -0.639. The lowest BCUT2D eigenvalue weighted by Crippen LogP contribution is -2.54. The summed E-state index contributed by atoms with van der Waals surface area (Å²) in [5.41, 5.74) is 4.15. The number of fused-ring (bicyclic) bond motifs is 1. The number of carbonyl (C=O) groups is 2. The van der Waals surface area contributed by atoms with E-state index in [9.17, 15) is 9.59 Å². The van der Waals surface area contributed by atoms with Crippen molar-refractivity contribution in [3.63, 3.8) is 0 Å². The third-order valence-electron chi connectivity index (χ3n) is 6.55. The first-order valence-electron chi connectivity index (χ1n) is 11.9. The van der Waals surface area contributed by atoms with Crippen LogP contribution in [0.2, 0.25) is 0 Å². The zero-order chi connectivity index (χ0) is 25.5.